The lowest BCUT2D eigenvalue weighted by molar-refractivity contribution is -0.114. The van der Waals surface area contributed by atoms with Crippen LogP contribution in [0.4, 0.5) is 11.4 Å². The lowest BCUT2D eigenvalue weighted by Crippen LogP contribution is -2.14. The van der Waals surface area contributed by atoms with E-state index in [1.807, 2.05) is 0 Å². The van der Waals surface area contributed by atoms with E-state index in [2.05, 4.69) is 15.2 Å². The highest BCUT2D eigenvalue weighted by molar-refractivity contribution is 7.92. The average Bonchev–Trinajstić information content (AvgIpc) is 3.10. The van der Waals surface area contributed by atoms with Crippen molar-refractivity contribution >= 4 is 45.2 Å². The predicted octanol–water partition coefficient (Wildman–Crippen LogP) is 4.12. The summed E-state index contributed by atoms with van der Waals surface area (Å²) in [5, 5.41) is 6.50. The first-order chi connectivity index (χ1) is 15.6. The summed E-state index contributed by atoms with van der Waals surface area (Å²) in [6.45, 7) is 4.47. The number of hydrogen-bond donors (Lipinski definition) is 2. The van der Waals surface area contributed by atoms with Gasteiger partial charge in [-0.15, -0.1) is 0 Å². The first-order valence-corrected chi connectivity index (χ1v) is 11.3. The Morgan fingerprint density at radius 1 is 1.09 bits per heavy atom. The molecule has 0 aliphatic rings. The third-order valence-corrected chi connectivity index (χ3v) is 6.02. The number of hydrogen-bond acceptors (Lipinski definition) is 7. The van der Waals surface area contributed by atoms with Crippen molar-refractivity contribution in [3.05, 3.63) is 65.0 Å². The average molecular weight is 470 g/mol. The second-order valence-corrected chi connectivity index (χ2v) is 8.83. The number of Topliss-reactive ketones (excluding diaryl/α,β-unsaturated/α-hetero) is 1. The molecule has 0 radical (unpaired) electrons. The highest BCUT2D eigenvalue weighted by Gasteiger charge is 2.21. The van der Waals surface area contributed by atoms with Gasteiger partial charge in [0.25, 0.3) is 10.0 Å². The van der Waals surface area contributed by atoms with Gasteiger partial charge in [-0.1, -0.05) is 29.4 Å². The lowest BCUT2D eigenvalue weighted by Gasteiger charge is -2.13. The van der Waals surface area contributed by atoms with Crippen molar-refractivity contribution in [2.75, 3.05) is 17.1 Å². The largest absolute Gasteiger partial charge is 0.495 e. The number of aromatic nitrogens is 1. The molecule has 33 heavy (non-hydrogen) atoms. The van der Waals surface area contributed by atoms with Crippen LogP contribution in [0.25, 0.3) is 12.2 Å². The fourth-order valence-electron chi connectivity index (χ4n) is 3.02. The Hall–Kier alpha value is -3.92. The molecule has 3 rings (SSSR count). The fraction of sp³-hybridized carbons (Fsp3) is 0.174. The zero-order valence-corrected chi connectivity index (χ0v) is 19.3. The van der Waals surface area contributed by atoms with Crippen LogP contribution in [0, 0.1) is 6.92 Å². The molecule has 0 aliphatic heterocycles. The Morgan fingerprint density at radius 3 is 2.52 bits per heavy atom. The number of nitrogens with one attached hydrogen (secondary N) is 2. The monoisotopic (exact) mass is 469 g/mol. The number of carbonyl (C=O) groups is 2. The van der Waals surface area contributed by atoms with E-state index in [0.29, 0.717) is 28.3 Å². The fourth-order valence-corrected chi connectivity index (χ4v) is 4.27. The summed E-state index contributed by atoms with van der Waals surface area (Å²) in [4.78, 5) is 22.9. The maximum absolute atomic E-state index is 13.1. The van der Waals surface area contributed by atoms with Crippen molar-refractivity contribution in [1.82, 2.24) is 5.16 Å². The number of benzene rings is 2. The van der Waals surface area contributed by atoms with Crippen LogP contribution in [0.1, 0.15) is 41.2 Å². The van der Waals surface area contributed by atoms with Gasteiger partial charge in [-0.2, -0.15) is 0 Å². The van der Waals surface area contributed by atoms with Gasteiger partial charge < -0.3 is 14.6 Å². The molecule has 1 aromatic heterocycles. The van der Waals surface area contributed by atoms with Gasteiger partial charge in [0.05, 0.1) is 7.11 Å². The molecule has 1 amide bonds. The molecule has 0 saturated carbocycles. The summed E-state index contributed by atoms with van der Waals surface area (Å²) < 4.78 is 39.1. The van der Waals surface area contributed by atoms with Crippen molar-refractivity contribution in [2.24, 2.45) is 0 Å². The molecule has 0 saturated heterocycles. The standard InChI is InChI=1S/C23H23N3O6S/c1-14-23(24-16(3)28)21(32-25-14)11-9-17-8-10-20(31-4)22(12-17)33(29,30)26-19-7-5-6-18(13-19)15(2)27/h5-13,26H,1-4H3,(H,24,28)/b11-9-. The molecule has 0 bridgehead atoms. The van der Waals surface area contributed by atoms with Crippen LogP contribution in [-0.2, 0) is 14.8 Å². The van der Waals surface area contributed by atoms with Crippen molar-refractivity contribution in [1.29, 1.82) is 0 Å². The predicted molar refractivity (Wildman–Crippen MR) is 125 cm³/mol. The van der Waals surface area contributed by atoms with Crippen molar-refractivity contribution in [3.8, 4) is 5.75 Å². The second-order valence-electron chi connectivity index (χ2n) is 7.17. The molecular formula is C23H23N3O6S. The molecule has 9 nitrogen and oxygen atoms in total. The number of amides is 1. The van der Waals surface area contributed by atoms with Gasteiger partial charge in [-0.25, -0.2) is 8.42 Å². The Kier molecular flexibility index (Phi) is 6.98. The van der Waals surface area contributed by atoms with E-state index in [-0.39, 0.29) is 28.0 Å². The van der Waals surface area contributed by atoms with E-state index in [1.165, 1.54) is 39.2 Å². The van der Waals surface area contributed by atoms with Gasteiger partial charge in [0, 0.05) is 18.2 Å². The summed E-state index contributed by atoms with van der Waals surface area (Å²) >= 11 is 0. The van der Waals surface area contributed by atoms with E-state index in [0.717, 1.165) is 0 Å². The molecule has 0 spiro atoms. The number of sulfonamides is 1. The highest BCUT2D eigenvalue weighted by Crippen LogP contribution is 2.29. The molecule has 0 unspecified atom stereocenters. The maximum Gasteiger partial charge on any atom is 0.265 e. The summed E-state index contributed by atoms with van der Waals surface area (Å²) in [6.07, 6.45) is 3.20. The molecule has 2 aromatic carbocycles. The first kappa shape index (κ1) is 23.7. The minimum Gasteiger partial charge on any atom is -0.495 e. The topological polar surface area (TPSA) is 128 Å². The number of aryl methyl sites for hydroxylation is 1. The summed E-state index contributed by atoms with van der Waals surface area (Å²) in [5.41, 5.74) is 2.13. The van der Waals surface area contributed by atoms with E-state index < -0.39 is 10.0 Å². The number of carbonyl (C=O) groups excluding carboxylic acids is 2. The van der Waals surface area contributed by atoms with Gasteiger partial charge in [-0.3, -0.25) is 14.3 Å². The normalized spacial score (nSPS) is 11.4. The van der Waals surface area contributed by atoms with Crippen LogP contribution in [-0.4, -0.2) is 32.4 Å². The molecule has 172 valence electrons. The minimum atomic E-state index is -4.04. The van der Waals surface area contributed by atoms with Gasteiger partial charge >= 0.3 is 0 Å². The van der Waals surface area contributed by atoms with Gasteiger partial charge in [0.1, 0.15) is 22.0 Å². The minimum absolute atomic E-state index is 0.0868. The third-order valence-electron chi connectivity index (χ3n) is 4.62. The smallest absolute Gasteiger partial charge is 0.265 e. The first-order valence-electron chi connectivity index (χ1n) is 9.84. The van der Waals surface area contributed by atoms with Crippen LogP contribution in [0.2, 0.25) is 0 Å². The van der Waals surface area contributed by atoms with Gasteiger partial charge in [-0.05, 0) is 49.8 Å². The number of ether oxygens (including phenoxy) is 1. The molecular weight excluding hydrogens is 446 g/mol. The SMILES string of the molecule is COc1ccc(/C=C\c2onc(C)c2NC(C)=O)cc1S(=O)(=O)Nc1cccc(C(C)=O)c1. The Balaban J connectivity index is 1.94. The zero-order valence-electron chi connectivity index (χ0n) is 18.5. The number of ketones is 1. The molecule has 3 aromatic rings. The van der Waals surface area contributed by atoms with Crippen molar-refractivity contribution < 1.29 is 27.3 Å². The molecule has 10 heteroatoms. The van der Waals surface area contributed by atoms with Crippen molar-refractivity contribution in [3.63, 3.8) is 0 Å². The van der Waals surface area contributed by atoms with E-state index >= 15 is 0 Å². The van der Waals surface area contributed by atoms with Crippen LogP contribution >= 0.6 is 0 Å². The Bertz CT molecular complexity index is 1340. The summed E-state index contributed by atoms with van der Waals surface area (Å²) in [5.74, 6) is 0.0228. The van der Waals surface area contributed by atoms with Crippen LogP contribution < -0.4 is 14.8 Å². The van der Waals surface area contributed by atoms with Crippen LogP contribution in [0.15, 0.2) is 51.9 Å². The third kappa shape index (κ3) is 5.66. The molecule has 2 N–H and O–H groups in total. The molecule has 1 heterocycles. The van der Waals surface area contributed by atoms with Crippen LogP contribution in [0.3, 0.4) is 0 Å². The Morgan fingerprint density at radius 2 is 1.85 bits per heavy atom. The summed E-state index contributed by atoms with van der Waals surface area (Å²) in [6, 6.07) is 10.9. The van der Waals surface area contributed by atoms with Crippen molar-refractivity contribution in [2.45, 2.75) is 25.7 Å². The molecule has 0 atom stereocenters. The van der Waals surface area contributed by atoms with E-state index in [9.17, 15) is 18.0 Å². The quantitative estimate of drug-likeness (QED) is 0.475. The number of nitrogens with zero attached hydrogens (tertiary/aromatic N) is 1. The molecule has 0 fully saturated rings. The van der Waals surface area contributed by atoms with Crippen LogP contribution in [0.5, 0.6) is 5.75 Å². The van der Waals surface area contributed by atoms with Gasteiger partial charge in [0.15, 0.2) is 11.5 Å². The highest BCUT2D eigenvalue weighted by atomic mass is 32.2. The number of methoxy groups -OCH3 is 1. The lowest BCUT2D eigenvalue weighted by atomic mass is 10.1. The number of anilines is 2. The van der Waals surface area contributed by atoms with E-state index in [1.54, 1.807) is 43.3 Å². The second kappa shape index (κ2) is 9.70. The molecule has 0 aliphatic carbocycles. The van der Waals surface area contributed by atoms with Gasteiger partial charge in [0.2, 0.25) is 5.91 Å². The maximum atomic E-state index is 13.1. The van der Waals surface area contributed by atoms with E-state index in [4.69, 9.17) is 9.26 Å². The number of rotatable bonds is 8. The summed E-state index contributed by atoms with van der Waals surface area (Å²) in [7, 11) is -2.66. The zero-order chi connectivity index (χ0) is 24.2. The Labute approximate surface area is 191 Å².